The number of hydrogen-bond donors (Lipinski definition) is 3. The van der Waals surface area contributed by atoms with Crippen LogP contribution in [0.1, 0.15) is 0 Å². The molecule has 1 aromatic rings. The molecule has 6 N–H and O–H groups in total. The lowest BCUT2D eigenvalue weighted by Gasteiger charge is -2.02. The van der Waals surface area contributed by atoms with Crippen molar-refractivity contribution in [1.29, 1.82) is 0 Å². The molecule has 0 unspecified atom stereocenters. The molecular weight excluding hydrogens is 392 g/mol. The molecule has 0 saturated heterocycles. The van der Waals surface area contributed by atoms with Gasteiger partial charge in [-0.2, -0.15) is 4.99 Å². The van der Waals surface area contributed by atoms with E-state index >= 15 is 0 Å². The fourth-order valence-corrected chi connectivity index (χ4v) is 1.75. The first-order valence-electron chi connectivity index (χ1n) is 3.99. The minimum absolute atomic E-state index is 0.0949. The first-order chi connectivity index (χ1) is 7.41. The molecule has 0 bridgehead atoms. The van der Waals surface area contributed by atoms with Gasteiger partial charge in [-0.3, -0.25) is 0 Å². The minimum atomic E-state index is -0.513. The van der Waals surface area contributed by atoms with E-state index in [9.17, 15) is 4.39 Å². The Morgan fingerprint density at radius 2 is 1.94 bits per heavy atom. The molecule has 0 aliphatic rings. The maximum Gasteiger partial charge on any atom is 0.223 e. The Balaban J connectivity index is 3.24. The zero-order valence-corrected chi connectivity index (χ0v) is 11.7. The molecule has 0 aliphatic carbocycles. The summed E-state index contributed by atoms with van der Waals surface area (Å²) >= 11 is 4.98. The van der Waals surface area contributed by atoms with Gasteiger partial charge < -0.3 is 17.2 Å². The third-order valence-corrected chi connectivity index (χ3v) is 2.97. The molecule has 0 spiro atoms. The summed E-state index contributed by atoms with van der Waals surface area (Å²) in [5, 5.41) is 0. The third-order valence-electron chi connectivity index (χ3n) is 1.49. The molecule has 16 heavy (non-hydrogen) atoms. The molecule has 0 saturated carbocycles. The predicted octanol–water partition coefficient (Wildman–Crippen LogP) is 1.41. The van der Waals surface area contributed by atoms with Gasteiger partial charge in [0, 0.05) is 3.57 Å². The highest BCUT2D eigenvalue weighted by Gasteiger charge is 2.10. The van der Waals surface area contributed by atoms with Crippen molar-refractivity contribution in [2.45, 2.75) is 0 Å². The maximum atomic E-state index is 13.6. The summed E-state index contributed by atoms with van der Waals surface area (Å²) in [6.07, 6.45) is 0. The average molecular weight is 400 g/mol. The van der Waals surface area contributed by atoms with Crippen molar-refractivity contribution in [2.24, 2.45) is 27.2 Å². The largest absolute Gasteiger partial charge is 0.370 e. The number of nitrogens with two attached hydrogens (primary N) is 3. The van der Waals surface area contributed by atoms with E-state index < -0.39 is 5.82 Å². The van der Waals surface area contributed by atoms with Crippen LogP contribution in [0.3, 0.4) is 0 Å². The Morgan fingerprint density at radius 1 is 1.31 bits per heavy atom. The fourth-order valence-electron chi connectivity index (χ4n) is 0.891. The summed E-state index contributed by atoms with van der Waals surface area (Å²) < 4.78 is 14.5. The molecule has 0 atom stereocenters. The topological polar surface area (TPSA) is 103 Å². The van der Waals surface area contributed by atoms with Gasteiger partial charge in [0.05, 0.1) is 4.47 Å². The highest BCUT2D eigenvalue weighted by Crippen LogP contribution is 2.30. The molecule has 0 fully saturated rings. The Hall–Kier alpha value is -0.900. The quantitative estimate of drug-likeness (QED) is 0.288. The van der Waals surface area contributed by atoms with E-state index in [1.54, 1.807) is 12.1 Å². The number of halogens is 3. The van der Waals surface area contributed by atoms with E-state index in [2.05, 4.69) is 25.9 Å². The second-order valence-corrected chi connectivity index (χ2v) is 4.71. The standard InChI is InChI=1S/C8H8BrFIN5/c9-3-1-2-4(11)6(5(3)10)15-8(14)16-7(12)13/h1-2H,(H6,12,13,14,15,16). The number of rotatable bonds is 1. The Morgan fingerprint density at radius 3 is 2.50 bits per heavy atom. The van der Waals surface area contributed by atoms with Crippen molar-refractivity contribution in [3.05, 3.63) is 26.0 Å². The van der Waals surface area contributed by atoms with E-state index in [1.807, 2.05) is 22.6 Å². The van der Waals surface area contributed by atoms with Crippen LogP contribution in [-0.4, -0.2) is 11.9 Å². The maximum absolute atomic E-state index is 13.6. The molecule has 0 radical (unpaired) electrons. The van der Waals surface area contributed by atoms with Gasteiger partial charge in [0.15, 0.2) is 11.8 Å². The molecule has 86 valence electrons. The smallest absolute Gasteiger partial charge is 0.223 e. The van der Waals surface area contributed by atoms with E-state index in [4.69, 9.17) is 17.2 Å². The minimum Gasteiger partial charge on any atom is -0.370 e. The molecule has 1 aromatic carbocycles. The Bertz CT molecular complexity index is 470. The predicted molar refractivity (Wildman–Crippen MR) is 73.9 cm³/mol. The van der Waals surface area contributed by atoms with Crippen LogP contribution in [-0.2, 0) is 0 Å². The number of guanidine groups is 2. The number of aliphatic imine (C=N–C) groups is 2. The monoisotopic (exact) mass is 399 g/mol. The van der Waals surface area contributed by atoms with Crippen molar-refractivity contribution in [2.75, 3.05) is 0 Å². The van der Waals surface area contributed by atoms with Crippen LogP contribution in [0.4, 0.5) is 10.1 Å². The SMILES string of the molecule is NC(N)=NC(N)=Nc1c(I)ccc(Br)c1F. The lowest BCUT2D eigenvalue weighted by molar-refractivity contribution is 0.622. The number of nitrogens with zero attached hydrogens (tertiary/aromatic N) is 2. The molecule has 0 aliphatic heterocycles. The van der Waals surface area contributed by atoms with Gasteiger partial charge in [-0.1, -0.05) is 0 Å². The van der Waals surface area contributed by atoms with E-state index in [0.29, 0.717) is 8.04 Å². The van der Waals surface area contributed by atoms with E-state index in [-0.39, 0.29) is 17.6 Å². The Kier molecular flexibility index (Phi) is 4.47. The Labute approximate surface area is 113 Å². The molecule has 0 heterocycles. The average Bonchev–Trinajstić information content (AvgIpc) is 2.17. The highest BCUT2D eigenvalue weighted by atomic mass is 127. The molecule has 8 heteroatoms. The van der Waals surface area contributed by atoms with Crippen LogP contribution in [0.5, 0.6) is 0 Å². The molecule has 5 nitrogen and oxygen atoms in total. The third kappa shape index (κ3) is 3.30. The van der Waals surface area contributed by atoms with Crippen LogP contribution in [0.2, 0.25) is 0 Å². The van der Waals surface area contributed by atoms with Crippen molar-refractivity contribution in [3.8, 4) is 0 Å². The van der Waals surface area contributed by atoms with Crippen molar-refractivity contribution < 1.29 is 4.39 Å². The van der Waals surface area contributed by atoms with Crippen molar-refractivity contribution in [3.63, 3.8) is 0 Å². The molecule has 0 amide bonds. The normalized spacial score (nSPS) is 11.3. The lowest BCUT2D eigenvalue weighted by Crippen LogP contribution is -2.26. The molecule has 1 rings (SSSR count). The molecule has 0 aromatic heterocycles. The van der Waals surface area contributed by atoms with Gasteiger partial charge in [-0.25, -0.2) is 9.38 Å². The van der Waals surface area contributed by atoms with Crippen LogP contribution in [0, 0.1) is 9.39 Å². The summed E-state index contributed by atoms with van der Waals surface area (Å²) in [6.45, 7) is 0. The number of hydrogen-bond acceptors (Lipinski definition) is 1. The van der Waals surface area contributed by atoms with Crippen LogP contribution in [0.25, 0.3) is 0 Å². The van der Waals surface area contributed by atoms with Gasteiger partial charge in [0.2, 0.25) is 5.96 Å². The van der Waals surface area contributed by atoms with E-state index in [0.717, 1.165) is 0 Å². The summed E-state index contributed by atoms with van der Waals surface area (Å²) in [5.41, 5.74) is 15.7. The zero-order valence-electron chi connectivity index (χ0n) is 7.92. The van der Waals surface area contributed by atoms with Crippen LogP contribution in [0.15, 0.2) is 26.6 Å². The van der Waals surface area contributed by atoms with Gasteiger partial charge in [-0.15, -0.1) is 0 Å². The zero-order chi connectivity index (χ0) is 12.3. The second kappa shape index (κ2) is 5.43. The summed E-state index contributed by atoms with van der Waals surface area (Å²) in [6, 6.07) is 3.27. The van der Waals surface area contributed by atoms with E-state index in [1.165, 1.54) is 0 Å². The van der Waals surface area contributed by atoms with Gasteiger partial charge >= 0.3 is 0 Å². The van der Waals surface area contributed by atoms with Crippen LogP contribution < -0.4 is 17.2 Å². The van der Waals surface area contributed by atoms with Gasteiger partial charge in [-0.05, 0) is 50.7 Å². The fraction of sp³-hybridized carbons (Fsp3) is 0. The van der Waals surface area contributed by atoms with Crippen molar-refractivity contribution >= 4 is 56.1 Å². The second-order valence-electron chi connectivity index (χ2n) is 2.70. The summed E-state index contributed by atoms with van der Waals surface area (Å²) in [7, 11) is 0. The molecular formula is C8H8BrFIN5. The van der Waals surface area contributed by atoms with Gasteiger partial charge in [0.1, 0.15) is 5.69 Å². The summed E-state index contributed by atoms with van der Waals surface area (Å²) in [4.78, 5) is 7.29. The van der Waals surface area contributed by atoms with Gasteiger partial charge in [0.25, 0.3) is 0 Å². The first-order valence-corrected chi connectivity index (χ1v) is 5.86. The lowest BCUT2D eigenvalue weighted by atomic mass is 10.3. The highest BCUT2D eigenvalue weighted by molar-refractivity contribution is 14.1. The summed E-state index contributed by atoms with van der Waals surface area (Å²) in [5.74, 6) is -0.942. The van der Waals surface area contributed by atoms with Crippen LogP contribution >= 0.6 is 38.5 Å². The first kappa shape index (κ1) is 13.2. The number of benzene rings is 1. The van der Waals surface area contributed by atoms with Crippen molar-refractivity contribution in [1.82, 2.24) is 0 Å².